The Labute approximate surface area is 81.5 Å². The second-order valence-electron chi connectivity index (χ2n) is 3.26. The number of halogens is 1. The summed E-state index contributed by atoms with van der Waals surface area (Å²) in [6.07, 6.45) is 0.993. The monoisotopic (exact) mass is 193 g/mol. The Morgan fingerprint density at radius 1 is 1.36 bits per heavy atom. The second kappa shape index (κ2) is 3.80. The zero-order chi connectivity index (χ0) is 9.97. The van der Waals surface area contributed by atoms with E-state index >= 15 is 0 Å². The Bertz CT molecular complexity index is 424. The number of alkyl halides is 1. The molecule has 0 saturated heterocycles. The van der Waals surface area contributed by atoms with E-state index in [9.17, 15) is 4.39 Å². The van der Waals surface area contributed by atoms with Gasteiger partial charge in [0.1, 0.15) is 11.8 Å². The van der Waals surface area contributed by atoms with Crippen molar-refractivity contribution in [3.05, 3.63) is 36.1 Å². The Morgan fingerprint density at radius 2 is 2.21 bits per heavy atom. The molecule has 1 heterocycles. The molecule has 74 valence electrons. The third kappa shape index (κ3) is 1.63. The quantitative estimate of drug-likeness (QED) is 0.814. The van der Waals surface area contributed by atoms with E-state index in [0.29, 0.717) is 18.5 Å². The van der Waals surface area contributed by atoms with Crippen LogP contribution in [-0.4, -0.2) is 6.54 Å². The molecule has 0 saturated carbocycles. The molecule has 2 rings (SSSR count). The number of furan rings is 1. The fourth-order valence-electron chi connectivity index (χ4n) is 1.49. The van der Waals surface area contributed by atoms with Crippen LogP contribution in [0.15, 0.2) is 34.9 Å². The summed E-state index contributed by atoms with van der Waals surface area (Å²) in [6, 6.07) is 7.16. The van der Waals surface area contributed by atoms with Crippen molar-refractivity contribution >= 4 is 11.0 Å². The summed E-state index contributed by atoms with van der Waals surface area (Å²) in [6.45, 7) is 0.366. The van der Waals surface area contributed by atoms with E-state index in [1.54, 1.807) is 24.5 Å². The largest absolute Gasteiger partial charge is 0.464 e. The minimum Gasteiger partial charge on any atom is -0.464 e. The highest BCUT2D eigenvalue weighted by molar-refractivity contribution is 5.77. The van der Waals surface area contributed by atoms with E-state index in [2.05, 4.69) is 0 Å². The van der Waals surface area contributed by atoms with Gasteiger partial charge in [-0.3, -0.25) is 0 Å². The summed E-state index contributed by atoms with van der Waals surface area (Å²) in [4.78, 5) is 0. The van der Waals surface area contributed by atoms with Crippen molar-refractivity contribution in [2.45, 2.75) is 12.6 Å². The maximum Gasteiger partial charge on any atom is 0.133 e. The Morgan fingerprint density at radius 3 is 3.00 bits per heavy atom. The fraction of sp³-hybridized carbons (Fsp3) is 0.273. The summed E-state index contributed by atoms with van der Waals surface area (Å²) in [5, 5.41) is 0.933. The van der Waals surface area contributed by atoms with Gasteiger partial charge in [-0.1, -0.05) is 6.07 Å². The van der Waals surface area contributed by atoms with E-state index in [1.165, 1.54) is 0 Å². The molecular formula is C11H12FNO. The molecular weight excluding hydrogens is 181 g/mol. The molecule has 0 amide bonds. The highest BCUT2D eigenvalue weighted by atomic mass is 19.1. The van der Waals surface area contributed by atoms with Gasteiger partial charge in [-0.2, -0.15) is 0 Å². The van der Waals surface area contributed by atoms with E-state index in [0.717, 1.165) is 11.0 Å². The molecule has 1 aromatic heterocycles. The van der Waals surface area contributed by atoms with Crippen molar-refractivity contribution in [1.29, 1.82) is 0 Å². The van der Waals surface area contributed by atoms with Crippen LogP contribution >= 0.6 is 0 Å². The van der Waals surface area contributed by atoms with Gasteiger partial charge in [0.25, 0.3) is 0 Å². The first-order valence-corrected chi connectivity index (χ1v) is 4.62. The predicted octanol–water partition coefficient (Wildman–Crippen LogP) is 2.79. The van der Waals surface area contributed by atoms with E-state index in [1.807, 2.05) is 6.07 Å². The first-order chi connectivity index (χ1) is 6.81. The highest BCUT2D eigenvalue weighted by Crippen LogP contribution is 2.25. The predicted molar refractivity (Wildman–Crippen MR) is 53.7 cm³/mol. The molecule has 1 aromatic carbocycles. The number of benzene rings is 1. The van der Waals surface area contributed by atoms with Gasteiger partial charge < -0.3 is 10.2 Å². The first kappa shape index (κ1) is 9.21. The van der Waals surface area contributed by atoms with Crippen molar-refractivity contribution < 1.29 is 8.81 Å². The zero-order valence-corrected chi connectivity index (χ0v) is 7.74. The SMILES string of the molecule is NCCC(F)c1ccc2occc2c1. The van der Waals surface area contributed by atoms with Gasteiger partial charge in [-0.15, -0.1) is 0 Å². The van der Waals surface area contributed by atoms with Gasteiger partial charge in [0.05, 0.1) is 6.26 Å². The molecule has 0 aliphatic heterocycles. The number of hydrogen-bond donors (Lipinski definition) is 1. The van der Waals surface area contributed by atoms with E-state index in [-0.39, 0.29) is 0 Å². The first-order valence-electron chi connectivity index (χ1n) is 4.62. The van der Waals surface area contributed by atoms with Crippen molar-refractivity contribution in [1.82, 2.24) is 0 Å². The lowest BCUT2D eigenvalue weighted by Crippen LogP contribution is -2.03. The van der Waals surface area contributed by atoms with Crippen LogP contribution < -0.4 is 5.73 Å². The molecule has 0 fully saturated rings. The summed E-state index contributed by atoms with van der Waals surface area (Å²) in [5.41, 5.74) is 6.76. The highest BCUT2D eigenvalue weighted by Gasteiger charge is 2.09. The summed E-state index contributed by atoms with van der Waals surface area (Å²) in [5.74, 6) is 0. The van der Waals surface area contributed by atoms with Gasteiger partial charge in [0.15, 0.2) is 0 Å². The minimum absolute atomic E-state index is 0.364. The van der Waals surface area contributed by atoms with Crippen LogP contribution in [-0.2, 0) is 0 Å². The molecule has 2 aromatic rings. The average Bonchev–Trinajstić information content (AvgIpc) is 2.64. The van der Waals surface area contributed by atoms with Crippen LogP contribution in [0, 0.1) is 0 Å². The number of rotatable bonds is 3. The molecule has 0 aliphatic carbocycles. The average molecular weight is 193 g/mol. The molecule has 1 atom stereocenters. The summed E-state index contributed by atoms with van der Waals surface area (Å²) in [7, 11) is 0. The van der Waals surface area contributed by atoms with Crippen LogP contribution in [0.2, 0.25) is 0 Å². The third-order valence-corrected chi connectivity index (χ3v) is 2.26. The third-order valence-electron chi connectivity index (χ3n) is 2.26. The molecule has 0 bridgehead atoms. The van der Waals surface area contributed by atoms with Gasteiger partial charge in [0.2, 0.25) is 0 Å². The summed E-state index contributed by atoms with van der Waals surface area (Å²) >= 11 is 0. The molecule has 0 radical (unpaired) electrons. The molecule has 0 spiro atoms. The van der Waals surface area contributed by atoms with Gasteiger partial charge >= 0.3 is 0 Å². The molecule has 0 aliphatic rings. The molecule has 2 N–H and O–H groups in total. The number of fused-ring (bicyclic) bond motifs is 1. The van der Waals surface area contributed by atoms with Gasteiger partial charge in [0, 0.05) is 5.39 Å². The molecule has 2 nitrogen and oxygen atoms in total. The number of nitrogens with two attached hydrogens (primary N) is 1. The lowest BCUT2D eigenvalue weighted by atomic mass is 10.1. The summed E-state index contributed by atoms with van der Waals surface area (Å²) < 4.78 is 18.6. The standard InChI is InChI=1S/C11H12FNO/c12-10(3-5-13)8-1-2-11-9(7-8)4-6-14-11/h1-2,4,6-7,10H,3,5,13H2. The maximum absolute atomic E-state index is 13.5. The van der Waals surface area contributed by atoms with Crippen LogP contribution in [0.5, 0.6) is 0 Å². The molecule has 1 unspecified atom stereocenters. The van der Waals surface area contributed by atoms with Crippen LogP contribution in [0.25, 0.3) is 11.0 Å². The topological polar surface area (TPSA) is 39.2 Å². The van der Waals surface area contributed by atoms with Gasteiger partial charge in [-0.05, 0) is 36.7 Å². The fourth-order valence-corrected chi connectivity index (χ4v) is 1.49. The van der Waals surface area contributed by atoms with Crippen LogP contribution in [0.1, 0.15) is 18.2 Å². The Kier molecular flexibility index (Phi) is 2.50. The van der Waals surface area contributed by atoms with Crippen molar-refractivity contribution in [2.75, 3.05) is 6.54 Å². The smallest absolute Gasteiger partial charge is 0.133 e. The Hall–Kier alpha value is -1.35. The minimum atomic E-state index is -0.973. The van der Waals surface area contributed by atoms with Crippen molar-refractivity contribution in [3.63, 3.8) is 0 Å². The van der Waals surface area contributed by atoms with E-state index in [4.69, 9.17) is 10.2 Å². The Balaban J connectivity index is 2.33. The van der Waals surface area contributed by atoms with E-state index < -0.39 is 6.17 Å². The number of hydrogen-bond acceptors (Lipinski definition) is 2. The maximum atomic E-state index is 13.5. The normalized spacial score (nSPS) is 13.3. The lowest BCUT2D eigenvalue weighted by molar-refractivity contribution is 0.328. The van der Waals surface area contributed by atoms with Gasteiger partial charge in [-0.25, -0.2) is 4.39 Å². The van der Waals surface area contributed by atoms with Crippen molar-refractivity contribution in [3.8, 4) is 0 Å². The molecule has 14 heavy (non-hydrogen) atoms. The van der Waals surface area contributed by atoms with Crippen LogP contribution in [0.4, 0.5) is 4.39 Å². The zero-order valence-electron chi connectivity index (χ0n) is 7.74. The lowest BCUT2D eigenvalue weighted by Gasteiger charge is -2.06. The molecule has 3 heteroatoms. The van der Waals surface area contributed by atoms with Crippen molar-refractivity contribution in [2.24, 2.45) is 5.73 Å². The van der Waals surface area contributed by atoms with Crippen LogP contribution in [0.3, 0.4) is 0 Å². The second-order valence-corrected chi connectivity index (χ2v) is 3.26.